The van der Waals surface area contributed by atoms with Crippen molar-refractivity contribution < 1.29 is 136 Å². The Balaban J connectivity index is 1.36. The molecule has 7 amide bonds. The molecule has 3 heterocycles. The van der Waals surface area contributed by atoms with Gasteiger partial charge in [0.05, 0.1) is 69.4 Å². The Morgan fingerprint density at radius 1 is 0.361 bits per heavy atom. The molecule has 0 saturated carbocycles. The van der Waals surface area contributed by atoms with E-state index in [-0.39, 0.29) is 169 Å². The van der Waals surface area contributed by atoms with Gasteiger partial charge in [-0.05, 0) is 76.0 Å². The molecule has 6 unspecified atom stereocenters. The first kappa shape index (κ1) is 107. The monoisotopic (exact) mass is 1750 g/mol. The molecule has 4 rings (SSSR count). The van der Waals surface area contributed by atoms with Crippen LogP contribution in [0.1, 0.15) is 256 Å². The van der Waals surface area contributed by atoms with Crippen molar-refractivity contribution in [1.82, 2.24) is 37.2 Å². The molecule has 0 radical (unpaired) electrons. The third kappa shape index (κ3) is 40.8. The SMILES string of the molecule is CCC1O[C@@H](OCCCCCCNC(=O)CCOCC(CNC(=O)CCCCCCCCCCC(=O)Oc2c(F)c(F)c(F)c(F)c2F)(COCCC(=O)NCCCCCCO[C@@H]2OC(COC(C)=O)[C@@H](C)[C@H](C)C2NC(C)=O)COCCC(=O)NCCCCCCO[C@@H]2OC(CC)[C@@H](C)[C@H](OC(C)=O)C2NC(C)=O)C(NC(C)=O)[C@@H](OC(C)=O)[C@@H]1C. The molecular weight excluding hydrogens is 1610 g/mol. The number of carbonyl (C=O) groups is 11. The number of benzene rings is 1. The molecule has 0 aromatic heterocycles. The Morgan fingerprint density at radius 2 is 0.697 bits per heavy atom. The lowest BCUT2D eigenvalue weighted by Gasteiger charge is -2.44. The van der Waals surface area contributed by atoms with Gasteiger partial charge in [0.1, 0.15) is 30.9 Å². The maximum absolute atomic E-state index is 14.0. The first-order chi connectivity index (χ1) is 58.2. The second kappa shape index (κ2) is 59.6. The fraction of sp³-hybridized carbons (Fsp3) is 0.802. The topological polar surface area (TPSA) is 392 Å². The van der Waals surface area contributed by atoms with Crippen molar-refractivity contribution in [2.24, 2.45) is 29.1 Å². The van der Waals surface area contributed by atoms with Gasteiger partial charge in [0, 0.05) is 131 Å². The highest BCUT2D eigenvalue weighted by atomic mass is 19.2. The second-order valence-corrected chi connectivity index (χ2v) is 32.3. The number of unbranched alkanes of at least 4 members (excludes halogenated alkanes) is 16. The average molecular weight is 1750 g/mol. The lowest BCUT2D eigenvalue weighted by atomic mass is 9.82. The number of halogens is 5. The van der Waals surface area contributed by atoms with Gasteiger partial charge in [-0.1, -0.05) is 119 Å². The number of esters is 4. The summed E-state index contributed by atoms with van der Waals surface area (Å²) in [7, 11) is 0. The molecule has 0 spiro atoms. The maximum Gasteiger partial charge on any atom is 0.311 e. The largest absolute Gasteiger partial charge is 0.463 e. The van der Waals surface area contributed by atoms with Crippen molar-refractivity contribution >= 4 is 65.2 Å². The predicted molar refractivity (Wildman–Crippen MR) is 436 cm³/mol. The molecule has 0 bridgehead atoms. The smallest absolute Gasteiger partial charge is 0.311 e. The Hall–Kier alpha value is -7.32. The molecule has 698 valence electrons. The first-order valence-electron chi connectivity index (χ1n) is 43.9. The Morgan fingerprint density at radius 3 is 1.07 bits per heavy atom. The zero-order valence-electron chi connectivity index (χ0n) is 73.8. The van der Waals surface area contributed by atoms with Crippen LogP contribution in [0.4, 0.5) is 22.0 Å². The minimum atomic E-state index is -2.37. The Labute approximate surface area is 716 Å². The van der Waals surface area contributed by atoms with Crippen molar-refractivity contribution in [3.05, 3.63) is 29.1 Å². The van der Waals surface area contributed by atoms with Crippen molar-refractivity contribution in [3.63, 3.8) is 0 Å². The van der Waals surface area contributed by atoms with E-state index < -0.39 is 119 Å². The molecule has 3 aliphatic rings. The molecule has 1 aromatic rings. The summed E-state index contributed by atoms with van der Waals surface area (Å²) in [6, 6.07) is -1.81. The van der Waals surface area contributed by atoms with E-state index in [4.69, 9.17) is 56.8 Å². The number of carbonyl (C=O) groups excluding carboxylic acids is 11. The summed E-state index contributed by atoms with van der Waals surface area (Å²) in [5, 5.41) is 20.5. The van der Waals surface area contributed by atoms with Crippen LogP contribution in [0.5, 0.6) is 5.75 Å². The second-order valence-electron chi connectivity index (χ2n) is 32.3. The molecule has 122 heavy (non-hydrogen) atoms. The van der Waals surface area contributed by atoms with Gasteiger partial charge < -0.3 is 98.8 Å². The van der Waals surface area contributed by atoms with Crippen LogP contribution in [0.2, 0.25) is 0 Å². The fourth-order valence-electron chi connectivity index (χ4n) is 14.9. The predicted octanol–water partition coefficient (Wildman–Crippen LogP) is 10.1. The molecule has 1 aromatic carbocycles. The molecule has 3 saturated heterocycles. The summed E-state index contributed by atoms with van der Waals surface area (Å²) in [6.07, 6.45) is 9.90. The van der Waals surface area contributed by atoms with Crippen molar-refractivity contribution in [2.75, 3.05) is 92.2 Å². The Kier molecular flexibility index (Phi) is 52.2. The molecule has 7 N–H and O–H groups in total. The third-order valence-electron chi connectivity index (χ3n) is 21.9. The fourth-order valence-corrected chi connectivity index (χ4v) is 14.9. The summed E-state index contributed by atoms with van der Waals surface area (Å²) < 4.78 is 146. The minimum Gasteiger partial charge on any atom is -0.463 e. The van der Waals surface area contributed by atoms with Crippen LogP contribution in [0.25, 0.3) is 0 Å². The average Bonchev–Trinajstić information content (AvgIpc) is 0.810. The first-order valence-corrected chi connectivity index (χ1v) is 43.9. The van der Waals surface area contributed by atoms with E-state index in [1.807, 2.05) is 41.5 Å². The van der Waals surface area contributed by atoms with Gasteiger partial charge in [-0.15, -0.1) is 0 Å². The zero-order valence-corrected chi connectivity index (χ0v) is 73.8. The van der Waals surface area contributed by atoms with E-state index in [9.17, 15) is 74.7 Å². The highest BCUT2D eigenvalue weighted by Crippen LogP contribution is 2.36. The molecule has 3 aliphatic heterocycles. The van der Waals surface area contributed by atoms with Crippen LogP contribution in [0.15, 0.2) is 0 Å². The molecule has 36 heteroatoms. The van der Waals surface area contributed by atoms with Gasteiger partial charge in [0.2, 0.25) is 76.2 Å². The number of rotatable bonds is 62. The molecule has 0 aliphatic carbocycles. The number of amides is 7. The van der Waals surface area contributed by atoms with Crippen LogP contribution in [0.3, 0.4) is 0 Å². The van der Waals surface area contributed by atoms with Crippen LogP contribution in [0, 0.1) is 58.2 Å². The molecule has 3 fully saturated rings. The zero-order chi connectivity index (χ0) is 90.1. The van der Waals surface area contributed by atoms with Crippen LogP contribution in [-0.4, -0.2) is 225 Å². The third-order valence-corrected chi connectivity index (χ3v) is 21.9. The van der Waals surface area contributed by atoms with Crippen molar-refractivity contribution in [3.8, 4) is 5.75 Å². The minimum absolute atomic E-state index is 0.0150. The van der Waals surface area contributed by atoms with Gasteiger partial charge in [-0.2, -0.15) is 8.78 Å². The van der Waals surface area contributed by atoms with E-state index in [0.29, 0.717) is 117 Å². The highest BCUT2D eigenvalue weighted by Gasteiger charge is 2.49. The number of hydrogen-bond acceptors (Lipinski definition) is 24. The van der Waals surface area contributed by atoms with E-state index in [2.05, 4.69) is 42.0 Å². The van der Waals surface area contributed by atoms with Crippen molar-refractivity contribution in [1.29, 1.82) is 0 Å². The summed E-state index contributed by atoms with van der Waals surface area (Å²) in [5.74, 6) is -17.9. The van der Waals surface area contributed by atoms with Crippen LogP contribution >= 0.6 is 0 Å². The van der Waals surface area contributed by atoms with Gasteiger partial charge in [-0.3, -0.25) is 52.7 Å². The highest BCUT2D eigenvalue weighted by molar-refractivity contribution is 5.78. The number of nitrogens with one attached hydrogen (secondary N) is 7. The van der Waals surface area contributed by atoms with E-state index >= 15 is 0 Å². The standard InChI is InChI=1S/C86H140F5N7O24/c1-13-64-56(5)80(117-62(11)103)78(97-59(8)100)84(119-64)114-44-33-25-22-30-41-93-69(107)38-47-111-52-86(50-95-67(105)35-27-19-17-15-16-18-20-28-36-71(109)122-82-75(90)73(88)72(87)74(89)76(82)91,51-110-46-37-68(106)92-40-29-21-24-32-43-113-83-77(96-58(7)99)55(4)54(3)66(121-83)49-116-61(10)102)53-112-48-39-70(108)94-42-31-23-26-34-45-115-85-79(98-60(9)101)81(118-63(12)104)57(6)65(14-2)120-85/h54-57,64-66,77-81,83-85H,13-53H2,1-12H3,(H,92,106)(H,93,107)(H,94,108)(H,95,105)(H,96,99)(H,97,100)(H,98,101)/t54-,55-,56+,57+,64?,65?,66?,77?,78?,79?,80-,81-,83+,84+,85+,86?/m0/s1. The molecule has 31 nitrogen and oxygen atoms in total. The molecule has 15 atom stereocenters. The number of hydrogen-bond donors (Lipinski definition) is 7. The van der Waals surface area contributed by atoms with E-state index in [1.54, 1.807) is 0 Å². The van der Waals surface area contributed by atoms with Crippen molar-refractivity contribution in [2.45, 2.75) is 324 Å². The van der Waals surface area contributed by atoms with Gasteiger partial charge in [-0.25, -0.2) is 13.2 Å². The lowest BCUT2D eigenvalue weighted by molar-refractivity contribution is -0.253. The van der Waals surface area contributed by atoms with Gasteiger partial charge >= 0.3 is 23.9 Å². The Bertz CT molecular complexity index is 3220. The van der Waals surface area contributed by atoms with E-state index in [0.717, 1.165) is 57.8 Å². The summed E-state index contributed by atoms with van der Waals surface area (Å²) in [4.78, 5) is 138. The maximum atomic E-state index is 14.0. The summed E-state index contributed by atoms with van der Waals surface area (Å²) in [6.45, 7) is 21.7. The quantitative estimate of drug-likeness (QED) is 0.00606. The molecular formula is C86H140F5N7O24. The number of ether oxygens (including phenoxy) is 13. The lowest BCUT2D eigenvalue weighted by Crippen LogP contribution is -2.62. The summed E-state index contributed by atoms with van der Waals surface area (Å²) >= 11 is 0. The summed E-state index contributed by atoms with van der Waals surface area (Å²) in [5.41, 5.74) is -1.12. The van der Waals surface area contributed by atoms with Crippen LogP contribution < -0.4 is 42.0 Å². The van der Waals surface area contributed by atoms with Crippen LogP contribution in [-0.2, 0) is 110 Å². The van der Waals surface area contributed by atoms with E-state index in [1.165, 1.54) is 41.5 Å². The van der Waals surface area contributed by atoms with Gasteiger partial charge in [0.15, 0.2) is 18.9 Å². The van der Waals surface area contributed by atoms with Gasteiger partial charge in [0.25, 0.3) is 0 Å². The normalized spacial score (nSPS) is 23.1.